The number of aromatic nitrogens is 2. The van der Waals surface area contributed by atoms with Crippen molar-refractivity contribution in [3.8, 4) is 0 Å². The van der Waals surface area contributed by atoms with Crippen LogP contribution in [0.15, 0.2) is 29.1 Å². The van der Waals surface area contributed by atoms with Gasteiger partial charge in [-0.3, -0.25) is 14.4 Å². The molecule has 0 bridgehead atoms. The molecule has 0 unspecified atom stereocenters. The second-order valence-electron chi connectivity index (χ2n) is 7.21. The van der Waals surface area contributed by atoms with Crippen LogP contribution in [0.4, 0.5) is 5.69 Å². The van der Waals surface area contributed by atoms with E-state index in [-0.39, 0.29) is 23.9 Å². The molecule has 7 nitrogen and oxygen atoms in total. The number of fused-ring (bicyclic) bond motifs is 1. The molecule has 2 aromatic heterocycles. The topological polar surface area (TPSA) is 104 Å². The van der Waals surface area contributed by atoms with Crippen LogP contribution in [0.5, 0.6) is 0 Å². The number of hydrogen-bond donors (Lipinski definition) is 3. The number of thiophene rings is 1. The summed E-state index contributed by atoms with van der Waals surface area (Å²) in [6.45, 7) is 7.57. The summed E-state index contributed by atoms with van der Waals surface area (Å²) in [6, 6.07) is 7.59. The number of aryl methyl sites for hydroxylation is 3. The van der Waals surface area contributed by atoms with E-state index in [0.29, 0.717) is 17.0 Å². The Morgan fingerprint density at radius 2 is 2.00 bits per heavy atom. The standard InChI is InChI=1S/C22H26N4O3S2/c1-5-15-8-6-7-9-16(15)24-18(27)10-23-20(28)14(4)30-11-17-25-21(29)19-12(2)13(3)31-22(19)26-17/h6-9,14H,5,10-11H2,1-4H3,(H,23,28)(H,24,27)(H,25,26,29)/t14-/m0/s1. The van der Waals surface area contributed by atoms with Gasteiger partial charge in [0.05, 0.1) is 22.9 Å². The summed E-state index contributed by atoms with van der Waals surface area (Å²) in [4.78, 5) is 46.1. The minimum absolute atomic E-state index is 0.101. The van der Waals surface area contributed by atoms with Gasteiger partial charge >= 0.3 is 0 Å². The molecule has 0 aliphatic carbocycles. The van der Waals surface area contributed by atoms with Crippen LogP contribution in [-0.2, 0) is 21.8 Å². The molecule has 31 heavy (non-hydrogen) atoms. The van der Waals surface area contributed by atoms with E-state index in [1.165, 1.54) is 23.1 Å². The third-order valence-corrected chi connectivity index (χ3v) is 7.28. The molecular formula is C22H26N4O3S2. The SMILES string of the molecule is CCc1ccccc1NC(=O)CNC(=O)[C@H](C)SCc1nc2sc(C)c(C)c2c(=O)[nH]1. The number of nitrogens with zero attached hydrogens (tertiary/aromatic N) is 1. The van der Waals surface area contributed by atoms with Crippen LogP contribution < -0.4 is 16.2 Å². The summed E-state index contributed by atoms with van der Waals surface area (Å²) in [5, 5.41) is 5.74. The van der Waals surface area contributed by atoms with Gasteiger partial charge in [-0.15, -0.1) is 23.1 Å². The summed E-state index contributed by atoms with van der Waals surface area (Å²) in [6.07, 6.45) is 0.809. The molecule has 0 aliphatic heterocycles. The van der Waals surface area contributed by atoms with E-state index in [1.807, 2.05) is 45.0 Å². The maximum Gasteiger partial charge on any atom is 0.259 e. The number of aromatic amines is 1. The lowest BCUT2D eigenvalue weighted by Crippen LogP contribution is -2.37. The molecule has 3 rings (SSSR count). The number of anilines is 1. The van der Waals surface area contributed by atoms with Crippen molar-refractivity contribution in [3.05, 3.63) is 56.4 Å². The maximum absolute atomic E-state index is 12.4. The lowest BCUT2D eigenvalue weighted by molar-refractivity contribution is -0.123. The molecule has 0 spiro atoms. The van der Waals surface area contributed by atoms with Gasteiger partial charge in [-0.05, 0) is 44.4 Å². The Balaban J connectivity index is 1.52. The highest BCUT2D eigenvalue weighted by Gasteiger charge is 2.17. The molecule has 1 atom stereocenters. The molecule has 3 N–H and O–H groups in total. The van der Waals surface area contributed by atoms with Gasteiger partial charge in [-0.25, -0.2) is 4.98 Å². The number of nitrogens with one attached hydrogen (secondary N) is 3. The molecule has 0 fully saturated rings. The van der Waals surface area contributed by atoms with E-state index in [4.69, 9.17) is 0 Å². The average Bonchev–Trinajstić information content (AvgIpc) is 3.04. The van der Waals surface area contributed by atoms with E-state index in [9.17, 15) is 14.4 Å². The van der Waals surface area contributed by atoms with Gasteiger partial charge in [0.2, 0.25) is 11.8 Å². The number of carbonyl (C=O) groups excluding carboxylic acids is 2. The van der Waals surface area contributed by atoms with Gasteiger partial charge in [-0.2, -0.15) is 0 Å². The van der Waals surface area contributed by atoms with Crippen LogP contribution >= 0.6 is 23.1 Å². The number of amides is 2. The first-order valence-electron chi connectivity index (χ1n) is 10.1. The Labute approximate surface area is 189 Å². The number of para-hydroxylation sites is 1. The molecule has 0 aliphatic rings. The third-order valence-electron chi connectivity index (χ3n) is 5.02. The second-order valence-corrected chi connectivity index (χ2v) is 9.74. The Bertz CT molecular complexity index is 1170. The zero-order valence-electron chi connectivity index (χ0n) is 18.0. The summed E-state index contributed by atoms with van der Waals surface area (Å²) in [5.74, 6) is 0.421. The molecule has 0 radical (unpaired) electrons. The summed E-state index contributed by atoms with van der Waals surface area (Å²) in [7, 11) is 0. The third kappa shape index (κ3) is 5.54. The van der Waals surface area contributed by atoms with Crippen molar-refractivity contribution in [1.82, 2.24) is 15.3 Å². The first kappa shape index (κ1) is 23.0. The summed E-state index contributed by atoms with van der Waals surface area (Å²) >= 11 is 2.85. The average molecular weight is 459 g/mol. The fraction of sp³-hybridized carbons (Fsp3) is 0.364. The van der Waals surface area contributed by atoms with Crippen molar-refractivity contribution in [2.24, 2.45) is 0 Å². The van der Waals surface area contributed by atoms with E-state index in [2.05, 4.69) is 20.6 Å². The van der Waals surface area contributed by atoms with E-state index < -0.39 is 5.25 Å². The van der Waals surface area contributed by atoms with Crippen molar-refractivity contribution in [1.29, 1.82) is 0 Å². The lowest BCUT2D eigenvalue weighted by Gasteiger charge is -2.13. The van der Waals surface area contributed by atoms with E-state index >= 15 is 0 Å². The fourth-order valence-electron chi connectivity index (χ4n) is 3.10. The Hall–Kier alpha value is -2.65. The minimum atomic E-state index is -0.400. The fourth-order valence-corrected chi connectivity index (χ4v) is 4.93. The number of hydrogen-bond acceptors (Lipinski definition) is 6. The van der Waals surface area contributed by atoms with Crippen molar-refractivity contribution < 1.29 is 9.59 Å². The Morgan fingerprint density at radius 3 is 2.74 bits per heavy atom. The minimum Gasteiger partial charge on any atom is -0.346 e. The quantitative estimate of drug-likeness (QED) is 0.479. The second kappa shape index (κ2) is 10.1. The molecule has 0 saturated heterocycles. The normalized spacial score (nSPS) is 12.0. The van der Waals surface area contributed by atoms with Crippen LogP contribution in [0.2, 0.25) is 0 Å². The monoisotopic (exact) mass is 458 g/mol. The van der Waals surface area contributed by atoms with Crippen molar-refractivity contribution in [2.45, 2.75) is 45.1 Å². The highest BCUT2D eigenvalue weighted by molar-refractivity contribution is 7.99. The number of thioether (sulfide) groups is 1. The van der Waals surface area contributed by atoms with Gasteiger partial charge in [0.1, 0.15) is 10.7 Å². The molecule has 3 aromatic rings. The molecular weight excluding hydrogens is 432 g/mol. The van der Waals surface area contributed by atoms with Crippen molar-refractivity contribution in [3.63, 3.8) is 0 Å². The number of rotatable bonds is 8. The zero-order valence-corrected chi connectivity index (χ0v) is 19.6. The molecule has 9 heteroatoms. The van der Waals surface area contributed by atoms with Crippen molar-refractivity contribution >= 4 is 50.8 Å². The highest BCUT2D eigenvalue weighted by atomic mass is 32.2. The van der Waals surface area contributed by atoms with Gasteiger partial charge in [-0.1, -0.05) is 25.1 Å². The van der Waals surface area contributed by atoms with Gasteiger partial charge in [0.25, 0.3) is 5.56 Å². The predicted molar refractivity (Wildman–Crippen MR) is 128 cm³/mol. The van der Waals surface area contributed by atoms with Crippen LogP contribution in [-0.4, -0.2) is 33.6 Å². The van der Waals surface area contributed by atoms with Gasteiger partial charge < -0.3 is 15.6 Å². The first-order valence-corrected chi connectivity index (χ1v) is 11.9. The number of H-pyrrole nitrogens is 1. The Morgan fingerprint density at radius 1 is 1.26 bits per heavy atom. The van der Waals surface area contributed by atoms with Gasteiger partial charge in [0.15, 0.2) is 0 Å². The van der Waals surface area contributed by atoms with Gasteiger partial charge in [0, 0.05) is 10.6 Å². The molecule has 2 amide bonds. The lowest BCUT2D eigenvalue weighted by atomic mass is 10.1. The van der Waals surface area contributed by atoms with Crippen LogP contribution in [0, 0.1) is 13.8 Å². The zero-order chi connectivity index (χ0) is 22.5. The maximum atomic E-state index is 12.4. The smallest absolute Gasteiger partial charge is 0.259 e. The number of carbonyl (C=O) groups is 2. The van der Waals surface area contributed by atoms with Crippen LogP contribution in [0.3, 0.4) is 0 Å². The largest absolute Gasteiger partial charge is 0.346 e. The van der Waals surface area contributed by atoms with E-state index in [0.717, 1.165) is 32.9 Å². The molecule has 1 aromatic carbocycles. The first-order chi connectivity index (χ1) is 14.8. The molecule has 2 heterocycles. The molecule has 0 saturated carbocycles. The highest BCUT2D eigenvalue weighted by Crippen LogP contribution is 2.26. The summed E-state index contributed by atoms with van der Waals surface area (Å²) < 4.78 is 0. The number of benzene rings is 1. The molecule has 164 valence electrons. The Kier molecular flexibility index (Phi) is 7.50. The predicted octanol–water partition coefficient (Wildman–Crippen LogP) is 3.54. The van der Waals surface area contributed by atoms with Crippen LogP contribution in [0.25, 0.3) is 10.2 Å². The van der Waals surface area contributed by atoms with E-state index in [1.54, 1.807) is 6.92 Å². The van der Waals surface area contributed by atoms with Crippen molar-refractivity contribution in [2.75, 3.05) is 11.9 Å². The summed E-state index contributed by atoms with van der Waals surface area (Å²) in [5.41, 5.74) is 2.61. The van der Waals surface area contributed by atoms with Crippen LogP contribution in [0.1, 0.15) is 35.7 Å².